The molecule has 1 heterocycles. The second-order valence-corrected chi connectivity index (χ2v) is 9.10. The van der Waals surface area contributed by atoms with Crippen LogP contribution in [0.2, 0.25) is 0 Å². The van der Waals surface area contributed by atoms with Crippen LogP contribution in [0, 0.1) is 0 Å². The van der Waals surface area contributed by atoms with Crippen LogP contribution in [0.15, 0.2) is 89.3 Å². The van der Waals surface area contributed by atoms with E-state index in [9.17, 15) is 22.8 Å². The quantitative estimate of drug-likeness (QED) is 0.284. The fraction of sp³-hybridized carbons (Fsp3) is 0.179. The molecule has 0 saturated heterocycles. The largest absolute Gasteiger partial charge is 0.443 e. The Bertz CT molecular complexity index is 1410. The van der Waals surface area contributed by atoms with Crippen LogP contribution >= 0.6 is 0 Å². The maximum atomic E-state index is 13.7. The first-order valence-corrected chi connectivity index (χ1v) is 11.3. The van der Waals surface area contributed by atoms with Crippen LogP contribution in [0.25, 0.3) is 22.7 Å². The monoisotopic (exact) mass is 508 g/mol. The van der Waals surface area contributed by atoms with Crippen LogP contribution in [0.4, 0.5) is 23.8 Å². The minimum Gasteiger partial charge on any atom is -0.443 e. The Morgan fingerprint density at radius 1 is 0.838 bits per heavy atom. The number of carbonyl (C=O) groups excluding carboxylic acids is 2. The molecule has 4 rings (SSSR count). The SMILES string of the molecule is CC(C)(C)OC(=O)N(C(=O)c1cccc(C(F)(F)F)c1)c1oc(-c2ccccc2)nc1-c1ccccc1. The number of anilines is 1. The summed E-state index contributed by atoms with van der Waals surface area (Å²) in [5, 5.41) is 0. The Hall–Kier alpha value is -4.40. The summed E-state index contributed by atoms with van der Waals surface area (Å²) in [4.78, 5) is 32.1. The fourth-order valence-corrected chi connectivity index (χ4v) is 3.48. The third-order valence-electron chi connectivity index (χ3n) is 5.10. The van der Waals surface area contributed by atoms with Gasteiger partial charge in [0, 0.05) is 16.7 Å². The Morgan fingerprint density at radius 2 is 1.43 bits per heavy atom. The number of benzene rings is 3. The zero-order valence-corrected chi connectivity index (χ0v) is 20.2. The van der Waals surface area contributed by atoms with Crippen molar-refractivity contribution < 1.29 is 31.9 Å². The molecule has 0 radical (unpaired) electrons. The topological polar surface area (TPSA) is 72.6 Å². The molecule has 2 amide bonds. The summed E-state index contributed by atoms with van der Waals surface area (Å²) in [5.41, 5.74) is -1.19. The summed E-state index contributed by atoms with van der Waals surface area (Å²) in [6.45, 7) is 4.81. The molecule has 3 aromatic carbocycles. The number of imide groups is 1. The third-order valence-corrected chi connectivity index (χ3v) is 5.10. The van der Waals surface area contributed by atoms with Crippen molar-refractivity contribution in [3.63, 3.8) is 0 Å². The van der Waals surface area contributed by atoms with E-state index in [1.165, 1.54) is 6.07 Å². The summed E-state index contributed by atoms with van der Waals surface area (Å²) in [5.74, 6) is -1.23. The maximum Gasteiger partial charge on any atom is 0.424 e. The number of rotatable bonds is 4. The smallest absolute Gasteiger partial charge is 0.424 e. The van der Waals surface area contributed by atoms with Crippen molar-refractivity contribution in [1.82, 2.24) is 4.98 Å². The summed E-state index contributed by atoms with van der Waals surface area (Å²) >= 11 is 0. The van der Waals surface area contributed by atoms with Gasteiger partial charge in [0.2, 0.25) is 11.8 Å². The predicted octanol–water partition coefficient (Wildman–Crippen LogP) is 7.61. The molecular weight excluding hydrogens is 485 g/mol. The van der Waals surface area contributed by atoms with Crippen molar-refractivity contribution in [2.24, 2.45) is 0 Å². The number of hydrogen-bond donors (Lipinski definition) is 0. The molecule has 0 fully saturated rings. The second kappa shape index (κ2) is 9.93. The highest BCUT2D eigenvalue weighted by atomic mass is 19.4. The number of hydrogen-bond acceptors (Lipinski definition) is 5. The highest BCUT2D eigenvalue weighted by Crippen LogP contribution is 2.37. The molecule has 0 aliphatic carbocycles. The standard InChI is InChI=1S/C28H23F3N2O4/c1-27(2,3)37-26(35)33(24(34)20-15-10-16-21(17-20)28(29,30)31)25-22(18-11-6-4-7-12-18)32-23(36-25)19-13-8-5-9-14-19/h4-17H,1-3H3. The summed E-state index contributed by atoms with van der Waals surface area (Å²) in [7, 11) is 0. The lowest BCUT2D eigenvalue weighted by atomic mass is 10.1. The molecular formula is C28H23F3N2O4. The van der Waals surface area contributed by atoms with Gasteiger partial charge in [-0.05, 0) is 51.1 Å². The van der Waals surface area contributed by atoms with Gasteiger partial charge in [-0.3, -0.25) is 4.79 Å². The number of ether oxygens (including phenoxy) is 1. The maximum absolute atomic E-state index is 13.7. The van der Waals surface area contributed by atoms with E-state index in [1.54, 1.807) is 81.4 Å². The molecule has 0 unspecified atom stereocenters. The van der Waals surface area contributed by atoms with Gasteiger partial charge in [0.15, 0.2) is 0 Å². The molecule has 0 atom stereocenters. The molecule has 37 heavy (non-hydrogen) atoms. The lowest BCUT2D eigenvalue weighted by molar-refractivity contribution is -0.137. The number of aromatic nitrogens is 1. The Morgan fingerprint density at radius 3 is 2.00 bits per heavy atom. The van der Waals surface area contributed by atoms with Crippen LogP contribution in [-0.4, -0.2) is 22.6 Å². The minimum atomic E-state index is -4.69. The number of nitrogens with zero attached hydrogens (tertiary/aromatic N) is 2. The molecule has 9 heteroatoms. The Labute approximate surface area is 211 Å². The minimum absolute atomic E-state index is 0.111. The Balaban J connectivity index is 1.91. The number of alkyl halides is 3. The molecule has 0 spiro atoms. The highest BCUT2D eigenvalue weighted by molar-refractivity contribution is 6.20. The highest BCUT2D eigenvalue weighted by Gasteiger charge is 2.37. The zero-order valence-electron chi connectivity index (χ0n) is 20.2. The normalized spacial score (nSPS) is 11.7. The van der Waals surface area contributed by atoms with Gasteiger partial charge in [0.25, 0.3) is 5.91 Å². The molecule has 0 aliphatic rings. The van der Waals surface area contributed by atoms with Gasteiger partial charge < -0.3 is 9.15 Å². The molecule has 1 aromatic heterocycles. The molecule has 0 aliphatic heterocycles. The summed E-state index contributed by atoms with van der Waals surface area (Å²) in [6.07, 6.45) is -5.81. The first-order valence-electron chi connectivity index (χ1n) is 11.3. The molecule has 0 N–H and O–H groups in total. The Kier molecular flexibility index (Phi) is 6.89. The van der Waals surface area contributed by atoms with Crippen LogP contribution in [0.5, 0.6) is 0 Å². The first kappa shape index (κ1) is 25.7. The van der Waals surface area contributed by atoms with Gasteiger partial charge in [-0.1, -0.05) is 54.6 Å². The van der Waals surface area contributed by atoms with E-state index in [0.29, 0.717) is 22.1 Å². The lowest BCUT2D eigenvalue weighted by Gasteiger charge is -2.25. The lowest BCUT2D eigenvalue weighted by Crippen LogP contribution is -2.41. The third kappa shape index (κ3) is 5.88. The zero-order chi connectivity index (χ0) is 26.8. The van der Waals surface area contributed by atoms with Crippen LogP contribution in [-0.2, 0) is 10.9 Å². The van der Waals surface area contributed by atoms with E-state index in [-0.39, 0.29) is 23.0 Å². The van der Waals surface area contributed by atoms with E-state index in [1.807, 2.05) is 0 Å². The van der Waals surface area contributed by atoms with Gasteiger partial charge in [-0.15, -0.1) is 0 Å². The van der Waals surface area contributed by atoms with E-state index in [4.69, 9.17) is 9.15 Å². The molecule has 0 saturated carbocycles. The summed E-state index contributed by atoms with van der Waals surface area (Å²) < 4.78 is 51.5. The van der Waals surface area contributed by atoms with E-state index >= 15 is 0 Å². The van der Waals surface area contributed by atoms with Gasteiger partial charge in [0.1, 0.15) is 11.3 Å². The molecule has 4 aromatic rings. The van der Waals surface area contributed by atoms with Crippen molar-refractivity contribution in [1.29, 1.82) is 0 Å². The molecule has 190 valence electrons. The summed E-state index contributed by atoms with van der Waals surface area (Å²) in [6, 6.07) is 21.3. The van der Waals surface area contributed by atoms with Crippen molar-refractivity contribution in [3.05, 3.63) is 96.1 Å². The number of carbonyl (C=O) groups is 2. The van der Waals surface area contributed by atoms with E-state index in [2.05, 4.69) is 4.98 Å². The van der Waals surface area contributed by atoms with Crippen molar-refractivity contribution in [3.8, 4) is 22.7 Å². The second-order valence-electron chi connectivity index (χ2n) is 9.10. The van der Waals surface area contributed by atoms with Crippen molar-refractivity contribution in [2.45, 2.75) is 32.5 Å². The van der Waals surface area contributed by atoms with Gasteiger partial charge in [-0.2, -0.15) is 18.1 Å². The van der Waals surface area contributed by atoms with Gasteiger partial charge >= 0.3 is 12.3 Å². The first-order chi connectivity index (χ1) is 17.4. The van der Waals surface area contributed by atoms with Gasteiger partial charge in [-0.25, -0.2) is 9.78 Å². The van der Waals surface area contributed by atoms with E-state index < -0.39 is 29.3 Å². The van der Waals surface area contributed by atoms with Crippen LogP contribution < -0.4 is 4.90 Å². The van der Waals surface area contributed by atoms with Crippen molar-refractivity contribution in [2.75, 3.05) is 4.90 Å². The average Bonchev–Trinajstić information content (AvgIpc) is 3.28. The molecule has 0 bridgehead atoms. The predicted molar refractivity (Wildman–Crippen MR) is 132 cm³/mol. The average molecular weight is 508 g/mol. The van der Waals surface area contributed by atoms with Crippen molar-refractivity contribution >= 4 is 17.9 Å². The fourth-order valence-electron chi connectivity index (χ4n) is 3.48. The van der Waals surface area contributed by atoms with Crippen LogP contribution in [0.3, 0.4) is 0 Å². The number of oxazole rings is 1. The molecule has 6 nitrogen and oxygen atoms in total. The van der Waals surface area contributed by atoms with Gasteiger partial charge in [0.05, 0.1) is 5.56 Å². The van der Waals surface area contributed by atoms with E-state index in [0.717, 1.165) is 12.1 Å². The van der Waals surface area contributed by atoms with Crippen LogP contribution in [0.1, 0.15) is 36.7 Å². The number of halogens is 3. The number of amides is 2.